The quantitative estimate of drug-likeness (QED) is 0.877. The molecule has 4 nitrogen and oxygen atoms in total. The second kappa shape index (κ2) is 4.90. The molecule has 1 fully saturated rings. The van der Waals surface area contributed by atoms with Crippen molar-refractivity contribution in [3.8, 4) is 11.1 Å². The fourth-order valence-corrected chi connectivity index (χ4v) is 2.47. The second-order valence-electron chi connectivity index (χ2n) is 4.94. The van der Waals surface area contributed by atoms with Crippen LogP contribution in [-0.4, -0.2) is 27.9 Å². The molecule has 0 radical (unpaired) electrons. The van der Waals surface area contributed by atoms with Crippen molar-refractivity contribution < 1.29 is 0 Å². The molecule has 0 amide bonds. The van der Waals surface area contributed by atoms with Crippen molar-refractivity contribution in [2.75, 3.05) is 13.1 Å². The third-order valence-corrected chi connectivity index (χ3v) is 3.49. The molecule has 2 aromatic heterocycles. The Morgan fingerprint density at radius 2 is 2.00 bits per heavy atom. The van der Waals surface area contributed by atoms with Crippen LogP contribution in [0.3, 0.4) is 0 Å². The summed E-state index contributed by atoms with van der Waals surface area (Å²) in [6, 6.07) is 2.69. The van der Waals surface area contributed by atoms with Crippen LogP contribution < -0.4 is 5.32 Å². The Labute approximate surface area is 107 Å². The number of aryl methyl sites for hydroxylation is 1. The number of nitrogens with one attached hydrogen (secondary N) is 1. The summed E-state index contributed by atoms with van der Waals surface area (Å²) in [5.74, 6) is 0. The molecule has 2 aromatic rings. The van der Waals surface area contributed by atoms with Crippen LogP contribution in [-0.2, 0) is 0 Å². The van der Waals surface area contributed by atoms with Crippen LogP contribution in [0.4, 0.5) is 0 Å². The van der Waals surface area contributed by atoms with Gasteiger partial charge >= 0.3 is 0 Å². The molecule has 1 aliphatic rings. The van der Waals surface area contributed by atoms with Crippen LogP contribution in [0.1, 0.15) is 24.4 Å². The summed E-state index contributed by atoms with van der Waals surface area (Å²) < 4.78 is 2.11. The Bertz CT molecular complexity index is 526. The Morgan fingerprint density at radius 1 is 1.17 bits per heavy atom. The van der Waals surface area contributed by atoms with Gasteiger partial charge in [0.2, 0.25) is 0 Å². The first kappa shape index (κ1) is 11.4. The normalized spacial score (nSPS) is 16.9. The van der Waals surface area contributed by atoms with Gasteiger partial charge in [0.15, 0.2) is 0 Å². The zero-order valence-electron chi connectivity index (χ0n) is 10.6. The minimum atomic E-state index is 0.540. The van der Waals surface area contributed by atoms with Crippen LogP contribution in [0.5, 0.6) is 0 Å². The predicted molar refractivity (Wildman–Crippen MR) is 71.3 cm³/mol. The van der Waals surface area contributed by atoms with E-state index in [1.54, 1.807) is 0 Å². The largest absolute Gasteiger partial charge is 0.317 e. The van der Waals surface area contributed by atoms with Gasteiger partial charge in [0, 0.05) is 29.7 Å². The Hall–Kier alpha value is -1.68. The van der Waals surface area contributed by atoms with Crippen LogP contribution in [0, 0.1) is 6.92 Å². The highest BCUT2D eigenvalue weighted by molar-refractivity contribution is 5.61. The highest BCUT2D eigenvalue weighted by Crippen LogP contribution is 2.23. The van der Waals surface area contributed by atoms with Gasteiger partial charge in [-0.1, -0.05) is 0 Å². The lowest BCUT2D eigenvalue weighted by Gasteiger charge is -2.22. The van der Waals surface area contributed by atoms with Crippen molar-refractivity contribution in [1.82, 2.24) is 20.1 Å². The molecule has 18 heavy (non-hydrogen) atoms. The first-order valence-electron chi connectivity index (χ1n) is 6.50. The highest BCUT2D eigenvalue weighted by atomic mass is 15.3. The zero-order valence-corrected chi connectivity index (χ0v) is 10.6. The number of aromatic nitrogens is 3. The highest BCUT2D eigenvalue weighted by Gasteiger charge is 2.15. The summed E-state index contributed by atoms with van der Waals surface area (Å²) in [6.45, 7) is 4.24. The van der Waals surface area contributed by atoms with Gasteiger partial charge < -0.3 is 5.32 Å². The molecule has 1 saturated heterocycles. The van der Waals surface area contributed by atoms with Gasteiger partial charge in [-0.25, -0.2) is 0 Å². The SMILES string of the molecule is Cc1cncc(-c2cnn(C3CCNCC3)c2)c1. The molecular weight excluding hydrogens is 224 g/mol. The van der Waals surface area contributed by atoms with E-state index in [0.717, 1.165) is 37.1 Å². The predicted octanol–water partition coefficient (Wildman–Crippen LogP) is 2.18. The molecule has 4 heteroatoms. The molecule has 0 spiro atoms. The van der Waals surface area contributed by atoms with Crippen molar-refractivity contribution in [3.05, 3.63) is 36.4 Å². The Kier molecular flexibility index (Phi) is 3.11. The fraction of sp³-hybridized carbons (Fsp3) is 0.429. The van der Waals surface area contributed by atoms with Gasteiger partial charge in [-0.2, -0.15) is 5.10 Å². The maximum absolute atomic E-state index is 4.51. The first-order valence-corrected chi connectivity index (χ1v) is 6.50. The molecule has 0 atom stereocenters. The van der Waals surface area contributed by atoms with E-state index in [9.17, 15) is 0 Å². The van der Waals surface area contributed by atoms with E-state index in [2.05, 4.69) is 39.3 Å². The minimum Gasteiger partial charge on any atom is -0.317 e. The molecule has 1 N–H and O–H groups in total. The Morgan fingerprint density at radius 3 is 2.78 bits per heavy atom. The lowest BCUT2D eigenvalue weighted by atomic mass is 10.1. The van der Waals surface area contributed by atoms with Crippen LogP contribution in [0.2, 0.25) is 0 Å². The van der Waals surface area contributed by atoms with Gasteiger partial charge in [-0.15, -0.1) is 0 Å². The van der Waals surface area contributed by atoms with Crippen molar-refractivity contribution >= 4 is 0 Å². The fourth-order valence-electron chi connectivity index (χ4n) is 2.47. The van der Waals surface area contributed by atoms with Gasteiger partial charge in [0.1, 0.15) is 0 Å². The van der Waals surface area contributed by atoms with Crippen LogP contribution in [0.15, 0.2) is 30.9 Å². The summed E-state index contributed by atoms with van der Waals surface area (Å²) in [4.78, 5) is 4.24. The number of hydrogen-bond donors (Lipinski definition) is 1. The molecule has 0 aliphatic carbocycles. The van der Waals surface area contributed by atoms with Crippen molar-refractivity contribution in [3.63, 3.8) is 0 Å². The molecule has 0 bridgehead atoms. The number of hydrogen-bond acceptors (Lipinski definition) is 3. The van der Waals surface area contributed by atoms with Gasteiger partial charge in [-0.05, 0) is 44.5 Å². The van der Waals surface area contributed by atoms with Gasteiger partial charge in [0.05, 0.1) is 12.2 Å². The van der Waals surface area contributed by atoms with Crippen molar-refractivity contribution in [1.29, 1.82) is 0 Å². The number of rotatable bonds is 2. The van der Waals surface area contributed by atoms with E-state index in [-0.39, 0.29) is 0 Å². The molecular formula is C14H18N4. The van der Waals surface area contributed by atoms with Crippen molar-refractivity contribution in [2.24, 2.45) is 0 Å². The van der Waals surface area contributed by atoms with Crippen LogP contribution >= 0.6 is 0 Å². The van der Waals surface area contributed by atoms with Crippen LogP contribution in [0.25, 0.3) is 11.1 Å². The Balaban J connectivity index is 1.84. The molecule has 0 aromatic carbocycles. The van der Waals surface area contributed by atoms with E-state index >= 15 is 0 Å². The van der Waals surface area contributed by atoms with Crippen molar-refractivity contribution in [2.45, 2.75) is 25.8 Å². The van der Waals surface area contributed by atoms with E-state index in [4.69, 9.17) is 0 Å². The van der Waals surface area contributed by atoms with Gasteiger partial charge in [-0.3, -0.25) is 9.67 Å². The standard InChI is InChI=1S/C14H18N4/c1-11-6-12(8-16-7-11)13-9-17-18(10-13)14-2-4-15-5-3-14/h6-10,14-15H,2-5H2,1H3. The summed E-state index contributed by atoms with van der Waals surface area (Å²) in [5, 5.41) is 7.89. The lowest BCUT2D eigenvalue weighted by molar-refractivity contribution is 0.343. The average molecular weight is 242 g/mol. The number of nitrogens with zero attached hydrogens (tertiary/aromatic N) is 3. The van der Waals surface area contributed by atoms with E-state index in [0.29, 0.717) is 6.04 Å². The third-order valence-electron chi connectivity index (χ3n) is 3.49. The molecule has 3 rings (SSSR count). The zero-order chi connectivity index (χ0) is 12.4. The molecule has 94 valence electrons. The van der Waals surface area contributed by atoms with E-state index < -0.39 is 0 Å². The third kappa shape index (κ3) is 2.29. The second-order valence-corrected chi connectivity index (χ2v) is 4.94. The maximum Gasteiger partial charge on any atom is 0.0569 e. The molecule has 0 saturated carbocycles. The summed E-state index contributed by atoms with van der Waals surface area (Å²) in [5.41, 5.74) is 3.49. The summed E-state index contributed by atoms with van der Waals surface area (Å²) in [7, 11) is 0. The molecule has 0 unspecified atom stereocenters. The topological polar surface area (TPSA) is 42.7 Å². The minimum absolute atomic E-state index is 0.540. The average Bonchev–Trinajstić information content (AvgIpc) is 2.89. The van der Waals surface area contributed by atoms with E-state index in [1.165, 1.54) is 5.56 Å². The number of piperidine rings is 1. The monoisotopic (exact) mass is 242 g/mol. The van der Waals surface area contributed by atoms with Gasteiger partial charge in [0.25, 0.3) is 0 Å². The number of pyridine rings is 1. The van der Waals surface area contributed by atoms with E-state index in [1.807, 2.05) is 18.6 Å². The summed E-state index contributed by atoms with van der Waals surface area (Å²) in [6.07, 6.45) is 10.2. The molecule has 1 aliphatic heterocycles. The first-order chi connectivity index (χ1) is 8.83. The maximum atomic E-state index is 4.51. The summed E-state index contributed by atoms with van der Waals surface area (Å²) >= 11 is 0. The molecule has 3 heterocycles. The lowest BCUT2D eigenvalue weighted by Crippen LogP contribution is -2.29. The smallest absolute Gasteiger partial charge is 0.0569 e.